The fraction of sp³-hybridized carbons (Fsp3) is 0.148. The molecule has 1 unspecified atom stereocenters. The largest absolute Gasteiger partial charge is 0.299 e. The summed E-state index contributed by atoms with van der Waals surface area (Å²) in [6.07, 6.45) is 0.873. The Morgan fingerprint density at radius 1 is 0.700 bits per heavy atom. The van der Waals surface area contributed by atoms with Crippen LogP contribution in [-0.2, 0) is 9.59 Å². The quantitative estimate of drug-likeness (QED) is 0.223. The average Bonchev–Trinajstić information content (AvgIpc) is 2.78. The van der Waals surface area contributed by atoms with Crippen molar-refractivity contribution in [3.8, 4) is 0 Å². The van der Waals surface area contributed by atoms with Gasteiger partial charge in [-0.15, -0.1) is 0 Å². The highest BCUT2D eigenvalue weighted by Gasteiger charge is 2.34. The second-order valence-corrected chi connectivity index (χ2v) is 7.44. The van der Waals surface area contributed by atoms with Crippen LogP contribution < -0.4 is 0 Å². The zero-order valence-corrected chi connectivity index (χ0v) is 16.8. The molecule has 0 N–H and O–H groups in total. The van der Waals surface area contributed by atoms with E-state index in [1.54, 1.807) is 18.2 Å². The normalized spacial score (nSPS) is 12.0. The predicted octanol–water partition coefficient (Wildman–Crippen LogP) is 5.90. The third kappa shape index (κ3) is 3.55. The number of rotatable bonds is 7. The van der Waals surface area contributed by atoms with Crippen LogP contribution in [0.2, 0.25) is 0 Å². The average molecular weight is 394 g/mol. The van der Waals surface area contributed by atoms with Crippen molar-refractivity contribution in [1.29, 1.82) is 0 Å². The standard InChI is InChI=1S/C27H22O3/c1-2-9-24(28)25(22-16-7-12-18-10-3-5-14-20(18)22)27(30)26(29)23-17-8-13-19-11-4-6-15-21(19)23/h3-8,10-17,25H,2,9H2,1H3. The van der Waals surface area contributed by atoms with Gasteiger partial charge in [0.05, 0.1) is 0 Å². The van der Waals surface area contributed by atoms with Crippen LogP contribution in [0.25, 0.3) is 21.5 Å². The molecule has 4 aromatic rings. The minimum Gasteiger partial charge on any atom is -0.299 e. The summed E-state index contributed by atoms with van der Waals surface area (Å²) < 4.78 is 0. The number of carbonyl (C=O) groups is 3. The zero-order valence-electron chi connectivity index (χ0n) is 16.8. The molecule has 0 aromatic heterocycles. The van der Waals surface area contributed by atoms with Crippen molar-refractivity contribution < 1.29 is 14.4 Å². The van der Waals surface area contributed by atoms with Gasteiger partial charge in [-0.1, -0.05) is 91.9 Å². The van der Waals surface area contributed by atoms with Gasteiger partial charge in [-0.3, -0.25) is 14.4 Å². The van der Waals surface area contributed by atoms with Gasteiger partial charge in [0.15, 0.2) is 0 Å². The van der Waals surface area contributed by atoms with E-state index in [-0.39, 0.29) is 12.2 Å². The van der Waals surface area contributed by atoms with Crippen molar-refractivity contribution in [2.24, 2.45) is 0 Å². The minimum atomic E-state index is -1.09. The maximum absolute atomic E-state index is 13.5. The van der Waals surface area contributed by atoms with Crippen LogP contribution in [0.3, 0.4) is 0 Å². The summed E-state index contributed by atoms with van der Waals surface area (Å²) in [6, 6.07) is 26.0. The first-order chi connectivity index (χ1) is 14.6. The fourth-order valence-electron chi connectivity index (χ4n) is 4.04. The van der Waals surface area contributed by atoms with Crippen molar-refractivity contribution in [3.05, 3.63) is 96.1 Å². The predicted molar refractivity (Wildman–Crippen MR) is 120 cm³/mol. The van der Waals surface area contributed by atoms with E-state index in [1.807, 2.05) is 73.7 Å². The second kappa shape index (κ2) is 8.42. The van der Waals surface area contributed by atoms with E-state index in [2.05, 4.69) is 0 Å². The van der Waals surface area contributed by atoms with Gasteiger partial charge in [0.2, 0.25) is 11.6 Å². The summed E-state index contributed by atoms with van der Waals surface area (Å²) in [5.74, 6) is -2.59. The summed E-state index contributed by atoms with van der Waals surface area (Å²) in [7, 11) is 0. The third-order valence-corrected chi connectivity index (χ3v) is 5.47. The van der Waals surface area contributed by atoms with Crippen molar-refractivity contribution >= 4 is 38.9 Å². The smallest absolute Gasteiger partial charge is 0.230 e. The van der Waals surface area contributed by atoms with Crippen LogP contribution >= 0.6 is 0 Å². The van der Waals surface area contributed by atoms with E-state index in [0.717, 1.165) is 21.5 Å². The minimum absolute atomic E-state index is 0.215. The van der Waals surface area contributed by atoms with Crippen molar-refractivity contribution in [3.63, 3.8) is 0 Å². The molecule has 148 valence electrons. The highest BCUT2D eigenvalue weighted by molar-refractivity contribution is 6.50. The molecule has 0 spiro atoms. The van der Waals surface area contributed by atoms with Gasteiger partial charge in [0, 0.05) is 12.0 Å². The molecule has 0 amide bonds. The summed E-state index contributed by atoms with van der Waals surface area (Å²) in [5, 5.41) is 3.37. The molecule has 0 fully saturated rings. The van der Waals surface area contributed by atoms with Crippen LogP contribution in [0, 0.1) is 0 Å². The Bertz CT molecular complexity index is 1260. The van der Waals surface area contributed by atoms with Gasteiger partial charge in [-0.2, -0.15) is 0 Å². The Hall–Kier alpha value is -3.59. The fourth-order valence-corrected chi connectivity index (χ4v) is 4.04. The summed E-state index contributed by atoms with van der Waals surface area (Å²) in [6.45, 7) is 1.90. The van der Waals surface area contributed by atoms with E-state index < -0.39 is 17.5 Å². The number of benzene rings is 4. The van der Waals surface area contributed by atoms with Crippen LogP contribution in [0.15, 0.2) is 84.9 Å². The van der Waals surface area contributed by atoms with Crippen LogP contribution in [0.4, 0.5) is 0 Å². The molecule has 0 saturated heterocycles. The molecule has 0 bridgehead atoms. The van der Waals surface area contributed by atoms with E-state index in [0.29, 0.717) is 17.5 Å². The first kappa shape index (κ1) is 19.7. The van der Waals surface area contributed by atoms with Gasteiger partial charge in [-0.05, 0) is 33.5 Å². The number of hydrogen-bond donors (Lipinski definition) is 0. The SMILES string of the molecule is CCCC(=O)C(C(=O)C(=O)c1cccc2ccccc12)c1cccc2ccccc12. The highest BCUT2D eigenvalue weighted by Crippen LogP contribution is 2.30. The molecular weight excluding hydrogens is 372 g/mol. The molecule has 0 aliphatic rings. The molecule has 0 aliphatic heterocycles. The highest BCUT2D eigenvalue weighted by atomic mass is 16.2. The number of ketones is 3. The Kier molecular flexibility index (Phi) is 5.53. The van der Waals surface area contributed by atoms with Gasteiger partial charge < -0.3 is 0 Å². The second-order valence-electron chi connectivity index (χ2n) is 7.44. The molecule has 0 aliphatic carbocycles. The van der Waals surface area contributed by atoms with Gasteiger partial charge >= 0.3 is 0 Å². The Morgan fingerprint density at radius 2 is 1.27 bits per heavy atom. The van der Waals surface area contributed by atoms with Gasteiger partial charge in [-0.25, -0.2) is 0 Å². The topological polar surface area (TPSA) is 51.2 Å². The number of fused-ring (bicyclic) bond motifs is 2. The molecular formula is C27H22O3. The van der Waals surface area contributed by atoms with Crippen LogP contribution in [-0.4, -0.2) is 17.3 Å². The molecule has 1 atom stereocenters. The number of hydrogen-bond acceptors (Lipinski definition) is 3. The Morgan fingerprint density at radius 3 is 1.97 bits per heavy atom. The van der Waals surface area contributed by atoms with E-state index in [9.17, 15) is 14.4 Å². The molecule has 0 saturated carbocycles. The molecule has 0 heterocycles. The Balaban J connectivity index is 1.84. The number of Topliss-reactive ketones (excluding diaryl/α,β-unsaturated/α-hetero) is 3. The first-order valence-corrected chi connectivity index (χ1v) is 10.2. The van der Waals surface area contributed by atoms with Crippen molar-refractivity contribution in [2.75, 3.05) is 0 Å². The monoisotopic (exact) mass is 394 g/mol. The molecule has 4 rings (SSSR count). The lowest BCUT2D eigenvalue weighted by atomic mass is 9.82. The summed E-state index contributed by atoms with van der Waals surface area (Å²) in [5.41, 5.74) is 0.942. The van der Waals surface area contributed by atoms with Gasteiger partial charge in [0.25, 0.3) is 0 Å². The van der Waals surface area contributed by atoms with E-state index in [4.69, 9.17) is 0 Å². The van der Waals surface area contributed by atoms with Crippen molar-refractivity contribution in [2.45, 2.75) is 25.7 Å². The Labute approximate surface area is 175 Å². The number of carbonyl (C=O) groups excluding carboxylic acids is 3. The molecule has 0 radical (unpaired) electrons. The van der Waals surface area contributed by atoms with Gasteiger partial charge in [0.1, 0.15) is 11.7 Å². The first-order valence-electron chi connectivity index (χ1n) is 10.2. The zero-order chi connectivity index (χ0) is 21.1. The van der Waals surface area contributed by atoms with E-state index >= 15 is 0 Å². The molecule has 30 heavy (non-hydrogen) atoms. The molecule has 4 aromatic carbocycles. The van der Waals surface area contributed by atoms with Crippen LogP contribution in [0.5, 0.6) is 0 Å². The lowest BCUT2D eigenvalue weighted by Crippen LogP contribution is -2.29. The van der Waals surface area contributed by atoms with E-state index in [1.165, 1.54) is 0 Å². The van der Waals surface area contributed by atoms with Crippen LogP contribution in [0.1, 0.15) is 41.6 Å². The third-order valence-electron chi connectivity index (χ3n) is 5.47. The maximum Gasteiger partial charge on any atom is 0.230 e. The maximum atomic E-state index is 13.5. The summed E-state index contributed by atoms with van der Waals surface area (Å²) in [4.78, 5) is 39.8. The summed E-state index contributed by atoms with van der Waals surface area (Å²) >= 11 is 0. The lowest BCUT2D eigenvalue weighted by molar-refractivity contribution is -0.127. The molecule has 3 heteroatoms. The lowest BCUT2D eigenvalue weighted by Gasteiger charge is -2.17. The molecule has 3 nitrogen and oxygen atoms in total. The van der Waals surface area contributed by atoms with Crippen molar-refractivity contribution in [1.82, 2.24) is 0 Å².